The summed E-state index contributed by atoms with van der Waals surface area (Å²) in [5, 5.41) is 10.8. The van der Waals surface area contributed by atoms with E-state index in [1.165, 1.54) is 0 Å². The topological polar surface area (TPSA) is 46.2 Å². The predicted octanol–water partition coefficient (Wildman–Crippen LogP) is 4.03. The van der Waals surface area contributed by atoms with E-state index in [1.54, 1.807) is 0 Å². The number of aliphatic hydroxyl groups is 1. The molecule has 3 heteroatoms. The lowest BCUT2D eigenvalue weighted by Crippen LogP contribution is -2.42. The van der Waals surface area contributed by atoms with Crippen LogP contribution in [0.2, 0.25) is 0 Å². The highest BCUT2D eigenvalue weighted by Crippen LogP contribution is 2.51. The smallest absolute Gasteiger partial charge is 0.0869 e. The monoisotopic (exact) mass is 325 g/mol. The highest BCUT2D eigenvalue weighted by atomic mass is 79.9. The second kappa shape index (κ2) is 5.55. The van der Waals surface area contributed by atoms with E-state index in [1.807, 2.05) is 24.3 Å². The first-order chi connectivity index (χ1) is 8.90. The van der Waals surface area contributed by atoms with Crippen LogP contribution in [0.15, 0.2) is 28.7 Å². The Kier molecular flexibility index (Phi) is 4.38. The molecule has 1 aromatic rings. The maximum Gasteiger partial charge on any atom is 0.0869 e. The Labute approximate surface area is 124 Å². The summed E-state index contributed by atoms with van der Waals surface area (Å²) in [6.07, 6.45) is 3.78. The molecule has 0 spiro atoms. The molecule has 19 heavy (non-hydrogen) atoms. The molecule has 0 radical (unpaired) electrons. The molecule has 2 rings (SSSR count). The second-order valence-corrected chi connectivity index (χ2v) is 7.51. The van der Waals surface area contributed by atoms with Gasteiger partial charge in [-0.25, -0.2) is 0 Å². The average molecular weight is 326 g/mol. The first-order valence-electron chi connectivity index (χ1n) is 7.03. The molecule has 0 aromatic heterocycles. The van der Waals surface area contributed by atoms with Gasteiger partial charge in [-0.05, 0) is 42.7 Å². The van der Waals surface area contributed by atoms with E-state index in [4.69, 9.17) is 5.73 Å². The number of aliphatic hydroxyl groups excluding tert-OH is 1. The molecule has 1 aromatic carbocycles. The Morgan fingerprint density at radius 2 is 1.79 bits per heavy atom. The molecule has 0 heterocycles. The van der Waals surface area contributed by atoms with E-state index in [2.05, 4.69) is 29.8 Å². The summed E-state index contributed by atoms with van der Waals surface area (Å²) in [6, 6.07) is 7.92. The minimum atomic E-state index is -0.482. The number of hydrogen-bond acceptors (Lipinski definition) is 2. The summed E-state index contributed by atoms with van der Waals surface area (Å²) >= 11 is 3.54. The fraction of sp³-hybridized carbons (Fsp3) is 0.625. The van der Waals surface area contributed by atoms with Crippen LogP contribution in [0.4, 0.5) is 0 Å². The quantitative estimate of drug-likeness (QED) is 0.881. The zero-order valence-corrected chi connectivity index (χ0v) is 13.4. The SMILES string of the molecule is CC1(C)CCC(CN)(C(O)c2ccccc2Br)CC1. The minimum absolute atomic E-state index is 0.167. The van der Waals surface area contributed by atoms with E-state index >= 15 is 0 Å². The van der Waals surface area contributed by atoms with Gasteiger partial charge in [0.05, 0.1) is 6.10 Å². The Morgan fingerprint density at radius 3 is 2.32 bits per heavy atom. The maximum atomic E-state index is 10.8. The van der Waals surface area contributed by atoms with Gasteiger partial charge in [0.2, 0.25) is 0 Å². The zero-order valence-electron chi connectivity index (χ0n) is 11.8. The third-order valence-corrected chi connectivity index (χ3v) is 5.51. The van der Waals surface area contributed by atoms with Crippen molar-refractivity contribution in [1.29, 1.82) is 0 Å². The molecule has 0 amide bonds. The summed E-state index contributed by atoms with van der Waals surface area (Å²) in [6.45, 7) is 5.15. The molecular formula is C16H24BrNO. The fourth-order valence-corrected chi connectivity index (χ4v) is 3.54. The van der Waals surface area contributed by atoms with Gasteiger partial charge in [0.15, 0.2) is 0 Å². The van der Waals surface area contributed by atoms with Crippen molar-refractivity contribution in [3.63, 3.8) is 0 Å². The van der Waals surface area contributed by atoms with Crippen molar-refractivity contribution in [2.45, 2.75) is 45.6 Å². The molecule has 1 atom stereocenters. The van der Waals surface area contributed by atoms with E-state index in [-0.39, 0.29) is 5.41 Å². The number of halogens is 1. The standard InChI is InChI=1S/C16H24BrNO/c1-15(2)7-9-16(11-18,10-8-15)14(19)12-5-3-4-6-13(12)17/h3-6,14,19H,7-11,18H2,1-2H3. The zero-order chi connectivity index (χ0) is 14.1. The van der Waals surface area contributed by atoms with Crippen molar-refractivity contribution >= 4 is 15.9 Å². The molecule has 1 saturated carbocycles. The van der Waals surface area contributed by atoms with Crippen molar-refractivity contribution in [3.8, 4) is 0 Å². The molecule has 1 fully saturated rings. The van der Waals surface area contributed by atoms with Crippen molar-refractivity contribution in [2.24, 2.45) is 16.6 Å². The highest BCUT2D eigenvalue weighted by Gasteiger charge is 2.43. The van der Waals surface area contributed by atoms with Gasteiger partial charge in [-0.15, -0.1) is 0 Å². The number of benzene rings is 1. The Morgan fingerprint density at radius 1 is 1.21 bits per heavy atom. The summed E-state index contributed by atoms with van der Waals surface area (Å²) in [4.78, 5) is 0. The number of rotatable bonds is 3. The van der Waals surface area contributed by atoms with Crippen LogP contribution in [0, 0.1) is 10.8 Å². The van der Waals surface area contributed by atoms with Gasteiger partial charge >= 0.3 is 0 Å². The van der Waals surface area contributed by atoms with Crippen LogP contribution in [0.3, 0.4) is 0 Å². The third kappa shape index (κ3) is 3.04. The van der Waals surface area contributed by atoms with Gasteiger partial charge in [0, 0.05) is 16.4 Å². The molecule has 1 aliphatic rings. The first-order valence-corrected chi connectivity index (χ1v) is 7.82. The van der Waals surface area contributed by atoms with Gasteiger partial charge in [-0.3, -0.25) is 0 Å². The molecule has 0 aliphatic heterocycles. The Bertz CT molecular complexity index is 434. The van der Waals surface area contributed by atoms with Gasteiger partial charge in [-0.1, -0.05) is 48.0 Å². The first kappa shape index (κ1) is 15.0. The molecule has 106 valence electrons. The second-order valence-electron chi connectivity index (χ2n) is 6.65. The summed E-state index contributed by atoms with van der Waals surface area (Å²) in [5.74, 6) is 0. The lowest BCUT2D eigenvalue weighted by Gasteiger charge is -2.46. The largest absolute Gasteiger partial charge is 0.388 e. The van der Waals surface area contributed by atoms with Crippen molar-refractivity contribution in [3.05, 3.63) is 34.3 Å². The third-order valence-electron chi connectivity index (χ3n) is 4.79. The van der Waals surface area contributed by atoms with Crippen molar-refractivity contribution in [2.75, 3.05) is 6.54 Å². The van der Waals surface area contributed by atoms with Gasteiger partial charge in [0.25, 0.3) is 0 Å². The summed E-state index contributed by atoms with van der Waals surface area (Å²) < 4.78 is 0.972. The minimum Gasteiger partial charge on any atom is -0.388 e. The molecule has 3 N–H and O–H groups in total. The summed E-state index contributed by atoms with van der Waals surface area (Å²) in [5.41, 5.74) is 7.22. The number of hydrogen-bond donors (Lipinski definition) is 2. The van der Waals surface area contributed by atoms with Crippen LogP contribution >= 0.6 is 15.9 Å². The predicted molar refractivity (Wildman–Crippen MR) is 82.8 cm³/mol. The van der Waals surface area contributed by atoms with Gasteiger partial charge in [0.1, 0.15) is 0 Å². The lowest BCUT2D eigenvalue weighted by atomic mass is 9.62. The molecular weight excluding hydrogens is 302 g/mol. The molecule has 1 aliphatic carbocycles. The number of nitrogens with two attached hydrogens (primary N) is 1. The fourth-order valence-electron chi connectivity index (χ4n) is 3.04. The average Bonchev–Trinajstić information content (AvgIpc) is 2.39. The van der Waals surface area contributed by atoms with Gasteiger partial charge < -0.3 is 10.8 Å². The highest BCUT2D eigenvalue weighted by molar-refractivity contribution is 9.10. The van der Waals surface area contributed by atoms with E-state index in [9.17, 15) is 5.11 Å². The van der Waals surface area contributed by atoms with Crippen LogP contribution in [0.1, 0.15) is 51.2 Å². The van der Waals surface area contributed by atoms with Crippen LogP contribution in [0.5, 0.6) is 0 Å². The van der Waals surface area contributed by atoms with Crippen LogP contribution in [0.25, 0.3) is 0 Å². The lowest BCUT2D eigenvalue weighted by molar-refractivity contribution is -0.0239. The molecule has 2 nitrogen and oxygen atoms in total. The Hall–Kier alpha value is -0.380. The van der Waals surface area contributed by atoms with Crippen molar-refractivity contribution < 1.29 is 5.11 Å². The maximum absolute atomic E-state index is 10.8. The molecule has 1 unspecified atom stereocenters. The summed E-state index contributed by atoms with van der Waals surface area (Å²) in [7, 11) is 0. The van der Waals surface area contributed by atoms with Crippen molar-refractivity contribution in [1.82, 2.24) is 0 Å². The normalized spacial score (nSPS) is 23.0. The molecule has 0 saturated heterocycles. The van der Waals surface area contributed by atoms with E-state index < -0.39 is 6.10 Å². The van der Waals surface area contributed by atoms with E-state index in [0.29, 0.717) is 12.0 Å². The Balaban J connectivity index is 2.25. The molecule has 0 bridgehead atoms. The van der Waals surface area contributed by atoms with Gasteiger partial charge in [-0.2, -0.15) is 0 Å². The van der Waals surface area contributed by atoms with Crippen LogP contribution < -0.4 is 5.73 Å². The van der Waals surface area contributed by atoms with Crippen LogP contribution in [-0.2, 0) is 0 Å². The van der Waals surface area contributed by atoms with E-state index in [0.717, 1.165) is 35.7 Å². The van der Waals surface area contributed by atoms with Crippen LogP contribution in [-0.4, -0.2) is 11.7 Å².